The summed E-state index contributed by atoms with van der Waals surface area (Å²) in [4.78, 5) is 14.1. The first-order chi connectivity index (χ1) is 17.7. The van der Waals surface area contributed by atoms with Crippen molar-refractivity contribution in [1.29, 1.82) is 0 Å². The summed E-state index contributed by atoms with van der Waals surface area (Å²) >= 11 is 0. The van der Waals surface area contributed by atoms with Crippen LogP contribution in [0, 0.1) is 17.6 Å². The number of Topliss-reactive ketones (excluding diaryl/α,β-unsaturated/α-hetero) is 1. The molecule has 1 fully saturated rings. The predicted molar refractivity (Wildman–Crippen MR) is 136 cm³/mol. The molecule has 1 saturated heterocycles. The zero-order chi connectivity index (χ0) is 26.2. The monoisotopic (exact) mass is 518 g/mol. The van der Waals surface area contributed by atoms with Gasteiger partial charge in [-0.3, -0.25) is 4.79 Å². The van der Waals surface area contributed by atoms with Crippen molar-refractivity contribution >= 4 is 15.6 Å². The molecule has 5 rings (SSSR count). The molecule has 0 aliphatic carbocycles. The summed E-state index contributed by atoms with van der Waals surface area (Å²) in [5, 5.41) is 9.67. The van der Waals surface area contributed by atoms with E-state index in [1.54, 1.807) is 60.7 Å². The first-order valence-corrected chi connectivity index (χ1v) is 13.4. The van der Waals surface area contributed by atoms with E-state index >= 15 is 0 Å². The first kappa shape index (κ1) is 25.0. The predicted octanol–water partition coefficient (Wildman–Crippen LogP) is 5.95. The largest absolute Gasteiger partial charge is 0.384 e. The van der Waals surface area contributed by atoms with Crippen LogP contribution in [0.5, 0.6) is 0 Å². The number of rotatable bonds is 5. The van der Waals surface area contributed by atoms with E-state index in [4.69, 9.17) is 0 Å². The molecule has 0 amide bonds. The Labute approximate surface area is 214 Å². The minimum atomic E-state index is -4.20. The summed E-state index contributed by atoms with van der Waals surface area (Å²) in [6.07, 6.45) is -0.314. The summed E-state index contributed by atoms with van der Waals surface area (Å²) in [5.74, 6) is -3.05. The molecule has 4 nitrogen and oxygen atoms in total. The molecule has 4 unspecified atom stereocenters. The summed E-state index contributed by atoms with van der Waals surface area (Å²) in [5.41, 5.74) is -0.773. The lowest BCUT2D eigenvalue weighted by molar-refractivity contribution is -0.0311. The topological polar surface area (TPSA) is 71.4 Å². The molecule has 0 bridgehead atoms. The Morgan fingerprint density at radius 2 is 1.22 bits per heavy atom. The fourth-order valence-corrected chi connectivity index (χ4v) is 7.96. The first-order valence-electron chi connectivity index (χ1n) is 11.8. The van der Waals surface area contributed by atoms with Crippen molar-refractivity contribution < 1.29 is 27.1 Å². The number of hydrogen-bond donors (Lipinski definition) is 1. The van der Waals surface area contributed by atoms with Crippen LogP contribution >= 0.6 is 0 Å². The minimum absolute atomic E-state index is 0.192. The average Bonchev–Trinajstić information content (AvgIpc) is 2.91. The molecule has 0 radical (unpaired) electrons. The standard InChI is InChI=1S/C30H24F2O4S/c31-24-15-11-20(12-16-24)26-19-30(34,23-9-5-2-6-10-23)27(28(33)21-7-3-1-4-8-21)29(37(26,35)36)22-13-17-25(32)18-14-22/h1-18,26-27,29,34H,19H2. The number of benzene rings is 4. The van der Waals surface area contributed by atoms with Crippen molar-refractivity contribution in [3.05, 3.63) is 143 Å². The molecule has 1 heterocycles. The lowest BCUT2D eigenvalue weighted by atomic mass is 9.70. The molecule has 7 heteroatoms. The van der Waals surface area contributed by atoms with Gasteiger partial charge in [0.2, 0.25) is 0 Å². The third kappa shape index (κ3) is 4.49. The zero-order valence-corrected chi connectivity index (χ0v) is 20.5. The second-order valence-corrected chi connectivity index (χ2v) is 11.6. The van der Waals surface area contributed by atoms with Crippen molar-refractivity contribution in [3.63, 3.8) is 0 Å². The maximum absolute atomic E-state index is 14.3. The molecular formula is C30H24F2O4S. The van der Waals surface area contributed by atoms with E-state index in [2.05, 4.69) is 0 Å². The van der Waals surface area contributed by atoms with Gasteiger partial charge in [-0.15, -0.1) is 0 Å². The Balaban J connectivity index is 1.79. The molecule has 37 heavy (non-hydrogen) atoms. The van der Waals surface area contributed by atoms with E-state index in [1.807, 2.05) is 0 Å². The Kier molecular flexibility index (Phi) is 6.52. The smallest absolute Gasteiger partial charge is 0.170 e. The van der Waals surface area contributed by atoms with Gasteiger partial charge in [0.25, 0.3) is 0 Å². The van der Waals surface area contributed by atoms with Crippen LogP contribution in [0.3, 0.4) is 0 Å². The van der Waals surface area contributed by atoms with Crippen LogP contribution in [0.4, 0.5) is 8.78 Å². The number of halogens is 2. The molecule has 4 aromatic carbocycles. The normalized spacial score (nSPS) is 24.9. The van der Waals surface area contributed by atoms with Gasteiger partial charge in [-0.05, 0) is 41.0 Å². The number of hydrogen-bond acceptors (Lipinski definition) is 4. The van der Waals surface area contributed by atoms with Gasteiger partial charge in [0, 0.05) is 12.0 Å². The highest BCUT2D eigenvalue weighted by Crippen LogP contribution is 2.56. The quantitative estimate of drug-likeness (QED) is 0.331. The van der Waals surface area contributed by atoms with E-state index < -0.39 is 49.3 Å². The summed E-state index contributed by atoms with van der Waals surface area (Å²) in [6.45, 7) is 0. The van der Waals surface area contributed by atoms with E-state index in [-0.39, 0.29) is 17.5 Å². The van der Waals surface area contributed by atoms with Crippen LogP contribution in [-0.2, 0) is 15.4 Å². The van der Waals surface area contributed by atoms with Gasteiger partial charge in [0.15, 0.2) is 15.6 Å². The van der Waals surface area contributed by atoms with Gasteiger partial charge in [-0.1, -0.05) is 84.9 Å². The highest BCUT2D eigenvalue weighted by molar-refractivity contribution is 7.92. The van der Waals surface area contributed by atoms with Crippen molar-refractivity contribution in [1.82, 2.24) is 0 Å². The third-order valence-electron chi connectivity index (χ3n) is 7.12. The summed E-state index contributed by atoms with van der Waals surface area (Å²) in [6, 6.07) is 26.8. The highest BCUT2D eigenvalue weighted by Gasteiger charge is 2.59. The highest BCUT2D eigenvalue weighted by atomic mass is 32.2. The van der Waals surface area contributed by atoms with E-state index in [0.717, 1.165) is 12.1 Å². The molecule has 1 N–H and O–H groups in total. The van der Waals surface area contributed by atoms with Crippen LogP contribution in [0.15, 0.2) is 109 Å². The Hall–Kier alpha value is -3.68. The number of carbonyl (C=O) groups is 1. The lowest BCUT2D eigenvalue weighted by Crippen LogP contribution is -2.51. The van der Waals surface area contributed by atoms with Crippen molar-refractivity contribution in [3.8, 4) is 0 Å². The number of carbonyl (C=O) groups excluding carboxylic acids is 1. The number of aliphatic hydroxyl groups is 1. The number of sulfone groups is 1. The van der Waals surface area contributed by atoms with Crippen molar-refractivity contribution in [2.75, 3.05) is 0 Å². The van der Waals surface area contributed by atoms with Crippen molar-refractivity contribution in [2.45, 2.75) is 22.5 Å². The second kappa shape index (κ2) is 9.65. The molecule has 1 aliphatic rings. The molecule has 0 saturated carbocycles. The molecule has 0 aromatic heterocycles. The van der Waals surface area contributed by atoms with Gasteiger partial charge >= 0.3 is 0 Å². The van der Waals surface area contributed by atoms with E-state index in [0.29, 0.717) is 11.1 Å². The van der Waals surface area contributed by atoms with Gasteiger partial charge in [0.05, 0.1) is 11.2 Å². The molecule has 4 atom stereocenters. The molecule has 4 aromatic rings. The summed E-state index contributed by atoms with van der Waals surface area (Å²) in [7, 11) is -4.20. The van der Waals surface area contributed by atoms with Gasteiger partial charge in [-0.25, -0.2) is 17.2 Å². The van der Waals surface area contributed by atoms with E-state index in [1.165, 1.54) is 36.4 Å². The molecule has 188 valence electrons. The molecular weight excluding hydrogens is 494 g/mol. The van der Waals surface area contributed by atoms with Gasteiger partial charge in [-0.2, -0.15) is 0 Å². The third-order valence-corrected chi connectivity index (χ3v) is 9.60. The van der Waals surface area contributed by atoms with Crippen LogP contribution < -0.4 is 0 Å². The maximum atomic E-state index is 14.3. The van der Waals surface area contributed by atoms with Crippen molar-refractivity contribution in [2.24, 2.45) is 5.92 Å². The van der Waals surface area contributed by atoms with Gasteiger partial charge in [0.1, 0.15) is 22.5 Å². The van der Waals surface area contributed by atoms with Crippen LogP contribution in [0.2, 0.25) is 0 Å². The zero-order valence-electron chi connectivity index (χ0n) is 19.7. The second-order valence-electron chi connectivity index (χ2n) is 9.30. The lowest BCUT2D eigenvalue weighted by Gasteiger charge is -2.47. The van der Waals surface area contributed by atoms with Crippen LogP contribution in [0.25, 0.3) is 0 Å². The number of ketones is 1. The average molecular weight is 519 g/mol. The van der Waals surface area contributed by atoms with Gasteiger partial charge < -0.3 is 5.11 Å². The Morgan fingerprint density at radius 1 is 0.730 bits per heavy atom. The van der Waals surface area contributed by atoms with E-state index in [9.17, 15) is 27.1 Å². The fraction of sp³-hybridized carbons (Fsp3) is 0.167. The fourth-order valence-electron chi connectivity index (χ4n) is 5.32. The van der Waals surface area contributed by atoms with Crippen LogP contribution in [0.1, 0.15) is 44.0 Å². The SMILES string of the molecule is O=C(c1ccccc1)C1C(c2ccc(F)cc2)S(=O)(=O)C(c2ccc(F)cc2)CC1(O)c1ccccc1. The minimum Gasteiger partial charge on any atom is -0.384 e. The summed E-state index contributed by atoms with van der Waals surface area (Å²) < 4.78 is 56.2. The molecule has 0 spiro atoms. The van der Waals surface area contributed by atoms with Crippen LogP contribution in [-0.4, -0.2) is 19.3 Å². The maximum Gasteiger partial charge on any atom is 0.170 e. The Morgan fingerprint density at radius 3 is 1.76 bits per heavy atom. The molecule has 1 aliphatic heterocycles. The Bertz CT molecular complexity index is 1510.